The van der Waals surface area contributed by atoms with Gasteiger partial charge in [-0.15, -0.1) is 0 Å². The van der Waals surface area contributed by atoms with E-state index in [1.54, 1.807) is 0 Å². The SMILES string of the molecule is NNc1nc(-c2cc(F)cc(F)c2)nc2c1COCC2. The molecule has 0 radical (unpaired) electrons. The highest BCUT2D eigenvalue weighted by molar-refractivity contribution is 5.60. The van der Waals surface area contributed by atoms with Crippen LogP contribution in [0.15, 0.2) is 18.2 Å². The highest BCUT2D eigenvalue weighted by atomic mass is 19.1. The van der Waals surface area contributed by atoms with Gasteiger partial charge in [-0.05, 0) is 12.1 Å². The first-order valence-electron chi connectivity index (χ1n) is 6.08. The normalized spacial score (nSPS) is 13.9. The first-order chi connectivity index (χ1) is 9.67. The van der Waals surface area contributed by atoms with Crippen molar-refractivity contribution in [3.05, 3.63) is 41.1 Å². The highest BCUT2D eigenvalue weighted by Crippen LogP contribution is 2.26. The summed E-state index contributed by atoms with van der Waals surface area (Å²) in [6.45, 7) is 0.914. The molecule has 7 heteroatoms. The summed E-state index contributed by atoms with van der Waals surface area (Å²) >= 11 is 0. The molecule has 0 unspecified atom stereocenters. The van der Waals surface area contributed by atoms with Gasteiger partial charge in [0.15, 0.2) is 5.82 Å². The van der Waals surface area contributed by atoms with Crippen LogP contribution in [-0.4, -0.2) is 16.6 Å². The zero-order chi connectivity index (χ0) is 14.1. The molecule has 0 aliphatic carbocycles. The van der Waals surface area contributed by atoms with Crippen molar-refractivity contribution in [2.24, 2.45) is 5.84 Å². The average Bonchev–Trinajstić information content (AvgIpc) is 2.45. The summed E-state index contributed by atoms with van der Waals surface area (Å²) in [6, 6.07) is 3.17. The third-order valence-electron chi connectivity index (χ3n) is 3.08. The van der Waals surface area contributed by atoms with Crippen LogP contribution in [0.4, 0.5) is 14.6 Å². The van der Waals surface area contributed by atoms with Crippen LogP contribution in [0.1, 0.15) is 11.3 Å². The van der Waals surface area contributed by atoms with Crippen LogP contribution < -0.4 is 11.3 Å². The Hall–Kier alpha value is -2.12. The van der Waals surface area contributed by atoms with Crippen LogP contribution in [0, 0.1) is 11.6 Å². The molecule has 2 aromatic rings. The number of rotatable bonds is 2. The summed E-state index contributed by atoms with van der Waals surface area (Å²) in [5, 5.41) is 0. The van der Waals surface area contributed by atoms with Gasteiger partial charge in [0.1, 0.15) is 17.5 Å². The van der Waals surface area contributed by atoms with E-state index in [2.05, 4.69) is 15.4 Å². The van der Waals surface area contributed by atoms with E-state index < -0.39 is 11.6 Å². The van der Waals surface area contributed by atoms with E-state index in [0.717, 1.165) is 17.3 Å². The second-order valence-electron chi connectivity index (χ2n) is 4.43. The fraction of sp³-hybridized carbons (Fsp3) is 0.231. The van der Waals surface area contributed by atoms with Crippen molar-refractivity contribution < 1.29 is 13.5 Å². The van der Waals surface area contributed by atoms with Crippen molar-refractivity contribution >= 4 is 5.82 Å². The zero-order valence-electron chi connectivity index (χ0n) is 10.5. The van der Waals surface area contributed by atoms with Crippen LogP contribution in [0.25, 0.3) is 11.4 Å². The number of anilines is 1. The maximum atomic E-state index is 13.3. The molecule has 0 fully saturated rings. The number of nitrogens with one attached hydrogen (secondary N) is 1. The van der Waals surface area contributed by atoms with E-state index >= 15 is 0 Å². The lowest BCUT2D eigenvalue weighted by molar-refractivity contribution is 0.109. The largest absolute Gasteiger partial charge is 0.376 e. The first-order valence-corrected chi connectivity index (χ1v) is 6.08. The number of nitrogen functional groups attached to an aromatic ring is 1. The molecule has 1 aromatic heterocycles. The lowest BCUT2D eigenvalue weighted by Crippen LogP contribution is -2.19. The van der Waals surface area contributed by atoms with E-state index in [1.807, 2.05) is 0 Å². The van der Waals surface area contributed by atoms with Crippen LogP contribution in [0.5, 0.6) is 0 Å². The Labute approximate surface area is 113 Å². The van der Waals surface area contributed by atoms with E-state index in [-0.39, 0.29) is 11.4 Å². The van der Waals surface area contributed by atoms with Gasteiger partial charge in [0, 0.05) is 23.6 Å². The Morgan fingerprint density at radius 3 is 2.60 bits per heavy atom. The maximum absolute atomic E-state index is 13.3. The summed E-state index contributed by atoms with van der Waals surface area (Å²) in [6.07, 6.45) is 0.608. The van der Waals surface area contributed by atoms with Gasteiger partial charge in [-0.1, -0.05) is 0 Å². The van der Waals surface area contributed by atoms with Crippen molar-refractivity contribution in [2.75, 3.05) is 12.0 Å². The minimum atomic E-state index is -0.674. The standard InChI is InChI=1S/C13H12F2N4O/c14-8-3-7(4-9(15)5-8)12-17-11-1-2-20-6-10(11)13(18-12)19-16/h3-5H,1-2,6,16H2,(H,17,18,19). The molecular weight excluding hydrogens is 266 g/mol. The molecule has 1 aromatic carbocycles. The van der Waals surface area contributed by atoms with Crippen LogP contribution in [0.2, 0.25) is 0 Å². The molecule has 0 saturated carbocycles. The van der Waals surface area contributed by atoms with Gasteiger partial charge in [0.25, 0.3) is 0 Å². The molecule has 2 heterocycles. The maximum Gasteiger partial charge on any atom is 0.162 e. The van der Waals surface area contributed by atoms with Crippen LogP contribution in [0.3, 0.4) is 0 Å². The summed E-state index contributed by atoms with van der Waals surface area (Å²) in [7, 11) is 0. The van der Waals surface area contributed by atoms with Crippen molar-refractivity contribution in [1.29, 1.82) is 0 Å². The number of nitrogens with zero attached hydrogens (tertiary/aromatic N) is 2. The lowest BCUT2D eigenvalue weighted by atomic mass is 10.1. The zero-order valence-corrected chi connectivity index (χ0v) is 10.5. The fourth-order valence-corrected chi connectivity index (χ4v) is 2.16. The molecule has 1 aliphatic rings. The van der Waals surface area contributed by atoms with E-state index in [4.69, 9.17) is 10.6 Å². The predicted molar refractivity (Wildman–Crippen MR) is 68.6 cm³/mol. The van der Waals surface area contributed by atoms with Crippen molar-refractivity contribution in [3.63, 3.8) is 0 Å². The van der Waals surface area contributed by atoms with Crippen molar-refractivity contribution in [1.82, 2.24) is 9.97 Å². The molecule has 0 spiro atoms. The number of hydrazine groups is 1. The Kier molecular flexibility index (Phi) is 3.29. The number of aromatic nitrogens is 2. The first kappa shape index (κ1) is 12.9. The quantitative estimate of drug-likeness (QED) is 0.647. The number of fused-ring (bicyclic) bond motifs is 1. The van der Waals surface area contributed by atoms with Gasteiger partial charge in [0.05, 0.1) is 18.9 Å². The van der Waals surface area contributed by atoms with Gasteiger partial charge in [-0.3, -0.25) is 0 Å². The van der Waals surface area contributed by atoms with Crippen LogP contribution in [-0.2, 0) is 17.8 Å². The number of halogens is 2. The Balaban J connectivity index is 2.14. The number of benzene rings is 1. The molecule has 0 atom stereocenters. The van der Waals surface area contributed by atoms with Gasteiger partial charge in [0.2, 0.25) is 0 Å². The summed E-state index contributed by atoms with van der Waals surface area (Å²) < 4.78 is 31.9. The summed E-state index contributed by atoms with van der Waals surface area (Å²) in [5.74, 6) is 4.73. The molecular formula is C13H12F2N4O. The number of hydrogen-bond acceptors (Lipinski definition) is 5. The minimum Gasteiger partial charge on any atom is -0.376 e. The third-order valence-corrected chi connectivity index (χ3v) is 3.08. The van der Waals surface area contributed by atoms with E-state index in [0.29, 0.717) is 25.5 Å². The number of ether oxygens (including phenoxy) is 1. The second-order valence-corrected chi connectivity index (χ2v) is 4.43. The van der Waals surface area contributed by atoms with Gasteiger partial charge in [-0.25, -0.2) is 24.6 Å². The lowest BCUT2D eigenvalue weighted by Gasteiger charge is -2.19. The topological polar surface area (TPSA) is 73.1 Å². The Morgan fingerprint density at radius 1 is 1.15 bits per heavy atom. The average molecular weight is 278 g/mol. The molecule has 3 rings (SSSR count). The number of hydrogen-bond donors (Lipinski definition) is 2. The Morgan fingerprint density at radius 2 is 1.90 bits per heavy atom. The van der Waals surface area contributed by atoms with Gasteiger partial charge < -0.3 is 10.2 Å². The monoisotopic (exact) mass is 278 g/mol. The van der Waals surface area contributed by atoms with E-state index in [9.17, 15) is 8.78 Å². The summed E-state index contributed by atoms with van der Waals surface area (Å²) in [5.41, 5.74) is 4.30. The molecule has 3 N–H and O–H groups in total. The highest BCUT2D eigenvalue weighted by Gasteiger charge is 2.19. The van der Waals surface area contributed by atoms with Gasteiger partial charge >= 0.3 is 0 Å². The second kappa shape index (κ2) is 5.10. The summed E-state index contributed by atoms with van der Waals surface area (Å²) in [4.78, 5) is 8.55. The number of nitrogens with two attached hydrogens (primary N) is 1. The fourth-order valence-electron chi connectivity index (χ4n) is 2.16. The van der Waals surface area contributed by atoms with Crippen molar-refractivity contribution in [3.8, 4) is 11.4 Å². The molecule has 0 saturated heterocycles. The Bertz CT molecular complexity index is 626. The molecule has 0 amide bonds. The predicted octanol–water partition coefficient (Wildman–Crippen LogP) is 1.78. The van der Waals surface area contributed by atoms with Crippen molar-refractivity contribution in [2.45, 2.75) is 13.0 Å². The molecule has 1 aliphatic heterocycles. The molecule has 104 valence electrons. The molecule has 0 bridgehead atoms. The smallest absolute Gasteiger partial charge is 0.162 e. The third kappa shape index (κ3) is 2.33. The molecule has 20 heavy (non-hydrogen) atoms. The molecule has 5 nitrogen and oxygen atoms in total. The van der Waals surface area contributed by atoms with E-state index in [1.165, 1.54) is 12.1 Å². The van der Waals surface area contributed by atoms with Gasteiger partial charge in [-0.2, -0.15) is 0 Å². The van der Waals surface area contributed by atoms with Crippen LogP contribution >= 0.6 is 0 Å². The minimum absolute atomic E-state index is 0.233.